The number of hydrogen-bond donors (Lipinski definition) is 2. The maximum Gasteiger partial charge on any atom is 0.263 e. The summed E-state index contributed by atoms with van der Waals surface area (Å²) in [5.74, 6) is 0.257. The number of hydrogen-bond acceptors (Lipinski definition) is 2. The van der Waals surface area contributed by atoms with E-state index in [1.807, 2.05) is 26.0 Å². The highest BCUT2D eigenvalue weighted by Crippen LogP contribution is 2.26. The van der Waals surface area contributed by atoms with Gasteiger partial charge < -0.3 is 10.4 Å². The minimum atomic E-state index is -2.45. The molecule has 20 heavy (non-hydrogen) atoms. The molecule has 0 radical (unpaired) electrons. The summed E-state index contributed by atoms with van der Waals surface area (Å²) in [6.07, 6.45) is -2.45. The number of phenols is 1. The van der Waals surface area contributed by atoms with E-state index >= 15 is 0 Å². The van der Waals surface area contributed by atoms with Gasteiger partial charge in [0.2, 0.25) is 0 Å². The molecule has 2 rings (SSSR count). The van der Waals surface area contributed by atoms with Gasteiger partial charge in [0, 0.05) is 17.8 Å². The van der Waals surface area contributed by atoms with Crippen LogP contribution in [-0.4, -0.2) is 5.11 Å². The fourth-order valence-electron chi connectivity index (χ4n) is 2.03. The molecule has 0 aromatic heterocycles. The molecule has 0 aliphatic heterocycles. The van der Waals surface area contributed by atoms with Crippen molar-refractivity contribution in [2.75, 3.05) is 5.32 Å². The van der Waals surface area contributed by atoms with Gasteiger partial charge in [0.25, 0.3) is 6.43 Å². The third-order valence-electron chi connectivity index (χ3n) is 3.23. The summed E-state index contributed by atoms with van der Waals surface area (Å²) in [5.41, 5.74) is 3.41. The first kappa shape index (κ1) is 14.3. The molecule has 0 saturated carbocycles. The van der Waals surface area contributed by atoms with Crippen molar-refractivity contribution in [1.29, 1.82) is 0 Å². The van der Waals surface area contributed by atoms with Crippen LogP contribution >= 0.6 is 0 Å². The molecule has 0 amide bonds. The Morgan fingerprint density at radius 2 is 1.85 bits per heavy atom. The number of benzene rings is 2. The molecule has 4 heteroatoms. The molecule has 2 N–H and O–H groups in total. The first-order valence-electron chi connectivity index (χ1n) is 6.38. The van der Waals surface area contributed by atoms with Gasteiger partial charge >= 0.3 is 0 Å². The predicted molar refractivity (Wildman–Crippen MR) is 76.3 cm³/mol. The van der Waals surface area contributed by atoms with E-state index in [0.29, 0.717) is 6.54 Å². The Balaban J connectivity index is 2.13. The summed E-state index contributed by atoms with van der Waals surface area (Å²) in [6, 6.07) is 9.90. The fraction of sp³-hybridized carbons (Fsp3) is 0.250. The molecule has 0 atom stereocenters. The van der Waals surface area contributed by atoms with Crippen molar-refractivity contribution in [3.05, 3.63) is 58.7 Å². The highest BCUT2D eigenvalue weighted by atomic mass is 19.3. The van der Waals surface area contributed by atoms with Gasteiger partial charge in [0.05, 0.1) is 0 Å². The molecule has 0 unspecified atom stereocenters. The normalized spacial score (nSPS) is 10.8. The molecule has 0 heterocycles. The van der Waals surface area contributed by atoms with Crippen molar-refractivity contribution >= 4 is 5.69 Å². The van der Waals surface area contributed by atoms with Gasteiger partial charge in [-0.05, 0) is 48.7 Å². The lowest BCUT2D eigenvalue weighted by molar-refractivity contribution is 0.151. The van der Waals surface area contributed by atoms with Crippen LogP contribution in [0.2, 0.25) is 0 Å². The third-order valence-corrected chi connectivity index (χ3v) is 3.23. The first-order chi connectivity index (χ1) is 9.47. The van der Waals surface area contributed by atoms with Crippen molar-refractivity contribution in [3.8, 4) is 5.75 Å². The molecule has 106 valence electrons. The number of nitrogens with one attached hydrogen (secondary N) is 1. The van der Waals surface area contributed by atoms with Crippen LogP contribution in [0.1, 0.15) is 28.7 Å². The summed E-state index contributed by atoms with van der Waals surface area (Å²) in [7, 11) is 0. The molecule has 0 aliphatic carbocycles. The zero-order chi connectivity index (χ0) is 14.7. The van der Waals surface area contributed by atoms with Crippen LogP contribution in [0.25, 0.3) is 0 Å². The van der Waals surface area contributed by atoms with Crippen molar-refractivity contribution < 1.29 is 13.9 Å². The number of aromatic hydroxyl groups is 1. The Morgan fingerprint density at radius 1 is 1.10 bits per heavy atom. The molecule has 0 spiro atoms. The van der Waals surface area contributed by atoms with Gasteiger partial charge in [-0.3, -0.25) is 0 Å². The van der Waals surface area contributed by atoms with Gasteiger partial charge in [-0.2, -0.15) is 0 Å². The van der Waals surface area contributed by atoms with Crippen molar-refractivity contribution in [1.82, 2.24) is 0 Å². The molecule has 2 nitrogen and oxygen atoms in total. The number of aryl methyl sites for hydroxylation is 2. The van der Waals surface area contributed by atoms with Crippen molar-refractivity contribution in [3.63, 3.8) is 0 Å². The van der Waals surface area contributed by atoms with Crippen LogP contribution in [0.15, 0.2) is 36.4 Å². The average molecular weight is 277 g/mol. The molecule has 0 saturated heterocycles. The van der Waals surface area contributed by atoms with E-state index in [1.54, 1.807) is 12.1 Å². The van der Waals surface area contributed by atoms with Crippen LogP contribution in [0, 0.1) is 13.8 Å². The third kappa shape index (κ3) is 3.26. The lowest BCUT2D eigenvalue weighted by atomic mass is 10.1. The minimum absolute atomic E-state index is 0.0305. The average Bonchev–Trinajstić information content (AvgIpc) is 2.41. The van der Waals surface area contributed by atoms with Gasteiger partial charge in [-0.15, -0.1) is 0 Å². The van der Waals surface area contributed by atoms with Gasteiger partial charge in [-0.25, -0.2) is 8.78 Å². The van der Waals surface area contributed by atoms with E-state index in [2.05, 4.69) is 5.32 Å². The predicted octanol–water partition coefficient (Wildman–Crippen LogP) is 4.56. The van der Waals surface area contributed by atoms with Crippen LogP contribution in [-0.2, 0) is 6.54 Å². The Bertz CT molecular complexity index is 611. The van der Waals surface area contributed by atoms with E-state index in [9.17, 15) is 13.9 Å². The second-order valence-electron chi connectivity index (χ2n) is 4.85. The van der Waals surface area contributed by atoms with E-state index in [4.69, 9.17) is 0 Å². The van der Waals surface area contributed by atoms with E-state index in [1.165, 1.54) is 12.1 Å². The topological polar surface area (TPSA) is 32.3 Å². The Morgan fingerprint density at radius 3 is 2.55 bits per heavy atom. The van der Waals surface area contributed by atoms with E-state index < -0.39 is 6.43 Å². The van der Waals surface area contributed by atoms with Gasteiger partial charge in [0.15, 0.2) is 0 Å². The second kappa shape index (κ2) is 5.90. The Kier molecular flexibility index (Phi) is 4.23. The lowest BCUT2D eigenvalue weighted by Crippen LogP contribution is -2.02. The van der Waals surface area contributed by atoms with E-state index in [0.717, 1.165) is 22.4 Å². The minimum Gasteiger partial charge on any atom is -0.508 e. The first-order valence-corrected chi connectivity index (χ1v) is 6.38. The SMILES string of the molecule is Cc1cc(NCc2cccc(C(F)F)c2)c(C)cc1O. The number of anilines is 1. The monoisotopic (exact) mass is 277 g/mol. The number of phenolic OH excluding ortho intramolecular Hbond substituents is 1. The summed E-state index contributed by atoms with van der Waals surface area (Å²) in [5, 5.41) is 12.8. The molecular formula is C16H17F2NO. The second-order valence-corrected chi connectivity index (χ2v) is 4.85. The maximum absolute atomic E-state index is 12.6. The summed E-state index contributed by atoms with van der Waals surface area (Å²) in [4.78, 5) is 0. The quantitative estimate of drug-likeness (QED) is 0.803. The van der Waals surface area contributed by atoms with Gasteiger partial charge in [0.1, 0.15) is 5.75 Å². The van der Waals surface area contributed by atoms with Crippen LogP contribution in [0.5, 0.6) is 5.75 Å². The summed E-state index contributed by atoms with van der Waals surface area (Å²) in [6.45, 7) is 4.17. The smallest absolute Gasteiger partial charge is 0.263 e. The largest absolute Gasteiger partial charge is 0.508 e. The van der Waals surface area contributed by atoms with Gasteiger partial charge in [-0.1, -0.05) is 18.2 Å². The zero-order valence-corrected chi connectivity index (χ0v) is 11.5. The highest BCUT2D eigenvalue weighted by Gasteiger charge is 2.07. The van der Waals surface area contributed by atoms with Crippen LogP contribution < -0.4 is 5.32 Å². The Labute approximate surface area is 117 Å². The van der Waals surface area contributed by atoms with Crippen molar-refractivity contribution in [2.24, 2.45) is 0 Å². The Hall–Kier alpha value is -2.10. The molecule has 2 aromatic carbocycles. The summed E-state index contributed by atoms with van der Waals surface area (Å²) < 4.78 is 25.2. The van der Waals surface area contributed by atoms with Crippen LogP contribution in [0.3, 0.4) is 0 Å². The molecular weight excluding hydrogens is 260 g/mol. The highest BCUT2D eigenvalue weighted by molar-refractivity contribution is 5.56. The number of halogens is 2. The molecule has 0 bridgehead atoms. The summed E-state index contributed by atoms with van der Waals surface area (Å²) >= 11 is 0. The molecule has 2 aromatic rings. The van der Waals surface area contributed by atoms with Crippen molar-refractivity contribution in [2.45, 2.75) is 26.8 Å². The number of alkyl halides is 2. The van der Waals surface area contributed by atoms with E-state index in [-0.39, 0.29) is 11.3 Å². The molecule has 0 fully saturated rings. The number of rotatable bonds is 4. The fourth-order valence-corrected chi connectivity index (χ4v) is 2.03. The zero-order valence-electron chi connectivity index (χ0n) is 11.5. The molecule has 0 aliphatic rings. The lowest BCUT2D eigenvalue weighted by Gasteiger charge is -2.12. The maximum atomic E-state index is 12.6. The van der Waals surface area contributed by atoms with Crippen LogP contribution in [0.4, 0.5) is 14.5 Å². The standard InChI is InChI=1S/C16H17F2NO/c1-10-7-15(20)11(2)6-14(10)19-9-12-4-3-5-13(8-12)16(17)18/h3-8,16,19-20H,9H2,1-2H3.